The molecule has 3 aliphatic carbocycles. The van der Waals surface area contributed by atoms with E-state index in [0.29, 0.717) is 50.6 Å². The van der Waals surface area contributed by atoms with Crippen LogP contribution < -0.4 is 0 Å². The Morgan fingerprint density at radius 3 is 1.95 bits per heavy atom. The smallest absolute Gasteiger partial charge is 0.0654 e. The van der Waals surface area contributed by atoms with Gasteiger partial charge in [0.1, 0.15) is 0 Å². The lowest BCUT2D eigenvalue weighted by Crippen LogP contribution is -2.57. The topological polar surface area (TPSA) is 38.7 Å². The van der Waals surface area contributed by atoms with Gasteiger partial charge in [-0.25, -0.2) is 0 Å². The molecular weight excluding hydrogens is 607 g/mol. The molecule has 0 aromatic heterocycles. The summed E-state index contributed by atoms with van der Waals surface area (Å²) in [5.41, 5.74) is 0.704. The van der Waals surface area contributed by atoms with Crippen LogP contribution in [0, 0.1) is 45.3 Å². The van der Waals surface area contributed by atoms with Crippen LogP contribution in [-0.4, -0.2) is 40.6 Å². The van der Waals surface area contributed by atoms with E-state index in [1.807, 2.05) is 0 Å². The Kier molecular flexibility index (Phi) is 11.4. The van der Waals surface area contributed by atoms with E-state index in [2.05, 4.69) is 104 Å². The summed E-state index contributed by atoms with van der Waals surface area (Å²) in [5.74, 6) is 2.43. The van der Waals surface area contributed by atoms with Gasteiger partial charge in [-0.05, 0) is 104 Å². The highest BCUT2D eigenvalue weighted by Crippen LogP contribution is 2.63. The number of rotatable bonds is 11. The molecule has 0 radical (unpaired) electrons. The van der Waals surface area contributed by atoms with Gasteiger partial charge >= 0.3 is 0 Å². The van der Waals surface area contributed by atoms with Gasteiger partial charge in [-0.2, -0.15) is 0 Å². The van der Waals surface area contributed by atoms with Crippen molar-refractivity contribution in [3.63, 3.8) is 0 Å². The molecule has 0 aliphatic heterocycles. The molecule has 40 heavy (non-hydrogen) atoms. The van der Waals surface area contributed by atoms with E-state index in [1.165, 1.54) is 38.5 Å². The molecule has 0 aromatic rings. The summed E-state index contributed by atoms with van der Waals surface area (Å²) in [4.78, 5) is 0. The number of alkyl halides is 1. The Balaban J connectivity index is 1.42. The number of fused-ring (bicyclic) bond motifs is 1. The number of hydrogen-bond acceptors (Lipinski definition) is 3. The number of hydrogen-bond donors (Lipinski definition) is 1. The zero-order valence-corrected chi connectivity index (χ0v) is 30.2. The zero-order chi connectivity index (χ0) is 30.0. The second kappa shape index (κ2) is 13.1. The average molecular weight is 673 g/mol. The quantitative estimate of drug-likeness (QED) is 0.103. The zero-order valence-electron chi connectivity index (χ0n) is 28.0. The Morgan fingerprint density at radius 1 is 0.825 bits per heavy atom. The molecule has 3 nitrogen and oxygen atoms in total. The SMILES string of the molecule is CCC1(C)C(C(C)(C)C)CC[C@@](C)(I)C1CCOC/C=C/COCCC1C2(C)CCCC(C)(C)C2CC[C@@]1(C)O. The molecule has 4 heteroatoms. The standard InChI is InChI=1S/C36H65IO3/c1-11-33(7)27(31(2,3)4)15-21-35(9,37)29(33)17-25-39-23-12-13-24-40-26-18-30-34(8)20-14-19-32(5,6)28(34)16-22-36(30,10)38/h12-13,27-30,38H,11,14-26H2,1-10H3/b13-12+/t27?,28?,29?,30?,33?,34?,35-,36-/m1/s1. The summed E-state index contributed by atoms with van der Waals surface area (Å²) in [5, 5.41) is 11.4. The van der Waals surface area contributed by atoms with E-state index in [4.69, 9.17) is 9.47 Å². The maximum atomic E-state index is 11.4. The normalized spacial score (nSPS) is 42.2. The third-order valence-electron chi connectivity index (χ3n) is 12.5. The maximum Gasteiger partial charge on any atom is 0.0654 e. The minimum atomic E-state index is -0.585. The van der Waals surface area contributed by atoms with Crippen molar-refractivity contribution in [1.29, 1.82) is 0 Å². The first-order valence-corrected chi connectivity index (χ1v) is 17.7. The van der Waals surface area contributed by atoms with Gasteiger partial charge in [0, 0.05) is 16.6 Å². The van der Waals surface area contributed by atoms with Crippen molar-refractivity contribution >= 4 is 22.6 Å². The van der Waals surface area contributed by atoms with Crippen molar-refractivity contribution in [2.75, 3.05) is 26.4 Å². The number of halogens is 1. The molecule has 6 unspecified atom stereocenters. The van der Waals surface area contributed by atoms with Crippen molar-refractivity contribution in [1.82, 2.24) is 0 Å². The van der Waals surface area contributed by atoms with Crippen LogP contribution in [0.3, 0.4) is 0 Å². The van der Waals surface area contributed by atoms with Crippen LogP contribution >= 0.6 is 22.6 Å². The fraction of sp³-hybridized carbons (Fsp3) is 0.944. The molecule has 0 bridgehead atoms. The van der Waals surface area contributed by atoms with Gasteiger partial charge in [-0.3, -0.25) is 0 Å². The Morgan fingerprint density at radius 2 is 1.40 bits per heavy atom. The molecule has 1 N–H and O–H groups in total. The number of aliphatic hydroxyl groups is 1. The second-order valence-corrected chi connectivity index (χ2v) is 19.2. The van der Waals surface area contributed by atoms with Crippen LogP contribution in [0.5, 0.6) is 0 Å². The molecule has 3 fully saturated rings. The summed E-state index contributed by atoms with van der Waals surface area (Å²) in [7, 11) is 0. The van der Waals surface area contributed by atoms with E-state index < -0.39 is 5.60 Å². The first kappa shape index (κ1) is 34.8. The highest BCUT2D eigenvalue weighted by Gasteiger charge is 2.57. The van der Waals surface area contributed by atoms with E-state index in [1.54, 1.807) is 0 Å². The van der Waals surface area contributed by atoms with Gasteiger partial charge < -0.3 is 14.6 Å². The molecule has 0 aromatic carbocycles. The minimum Gasteiger partial charge on any atom is -0.390 e. The van der Waals surface area contributed by atoms with Crippen molar-refractivity contribution in [3.05, 3.63) is 12.2 Å². The van der Waals surface area contributed by atoms with E-state index in [9.17, 15) is 5.11 Å². The first-order valence-electron chi connectivity index (χ1n) is 16.6. The van der Waals surface area contributed by atoms with Gasteiger partial charge in [0.2, 0.25) is 0 Å². The molecule has 0 saturated heterocycles. The largest absolute Gasteiger partial charge is 0.390 e. The van der Waals surface area contributed by atoms with Gasteiger partial charge in [-0.1, -0.05) is 110 Å². The molecule has 234 valence electrons. The minimum absolute atomic E-state index is 0.212. The lowest BCUT2D eigenvalue weighted by Gasteiger charge is -2.61. The molecule has 8 atom stereocenters. The number of ether oxygens (including phenoxy) is 2. The van der Waals surface area contributed by atoms with Crippen molar-refractivity contribution in [2.24, 2.45) is 45.3 Å². The fourth-order valence-electron chi connectivity index (χ4n) is 10.5. The van der Waals surface area contributed by atoms with Crippen LogP contribution in [-0.2, 0) is 9.47 Å². The second-order valence-electron chi connectivity index (χ2n) is 16.7. The first-order chi connectivity index (χ1) is 18.4. The monoisotopic (exact) mass is 672 g/mol. The summed E-state index contributed by atoms with van der Waals surface area (Å²) in [6.07, 6.45) is 16.1. The summed E-state index contributed by atoms with van der Waals surface area (Å²) in [6, 6.07) is 0. The van der Waals surface area contributed by atoms with Crippen LogP contribution in [0.25, 0.3) is 0 Å². The highest BCUT2D eigenvalue weighted by molar-refractivity contribution is 14.1. The van der Waals surface area contributed by atoms with Crippen molar-refractivity contribution in [3.8, 4) is 0 Å². The predicted octanol–water partition coefficient (Wildman–Crippen LogP) is 10.0. The molecular formula is C36H65IO3. The fourth-order valence-corrected chi connectivity index (χ4v) is 11.8. The molecule has 3 saturated carbocycles. The van der Waals surface area contributed by atoms with Gasteiger partial charge in [0.15, 0.2) is 0 Å². The van der Waals surface area contributed by atoms with Gasteiger partial charge in [0.05, 0.1) is 18.8 Å². The third-order valence-corrected chi connectivity index (χ3v) is 13.8. The average Bonchev–Trinajstić information content (AvgIpc) is 2.81. The van der Waals surface area contributed by atoms with Crippen molar-refractivity contribution < 1.29 is 14.6 Å². The molecule has 3 aliphatic rings. The molecule has 3 rings (SSSR count). The Hall–Kier alpha value is 0.350. The summed E-state index contributed by atoms with van der Waals surface area (Å²) >= 11 is 2.76. The van der Waals surface area contributed by atoms with Crippen molar-refractivity contribution in [2.45, 2.75) is 142 Å². The van der Waals surface area contributed by atoms with Gasteiger partial charge in [0.25, 0.3) is 0 Å². The third kappa shape index (κ3) is 7.52. The van der Waals surface area contributed by atoms with E-state index >= 15 is 0 Å². The predicted molar refractivity (Wildman–Crippen MR) is 179 cm³/mol. The van der Waals surface area contributed by atoms with E-state index in [0.717, 1.165) is 44.8 Å². The molecule has 0 spiro atoms. The maximum absolute atomic E-state index is 11.4. The van der Waals surface area contributed by atoms with Crippen LogP contribution in [0.2, 0.25) is 0 Å². The Bertz CT molecular complexity index is 797. The summed E-state index contributed by atoms with van der Waals surface area (Å²) in [6.45, 7) is 27.0. The van der Waals surface area contributed by atoms with Crippen LogP contribution in [0.1, 0.15) is 133 Å². The van der Waals surface area contributed by atoms with E-state index in [-0.39, 0.29) is 5.41 Å². The lowest BCUT2D eigenvalue weighted by atomic mass is 9.45. The van der Waals surface area contributed by atoms with Gasteiger partial charge in [-0.15, -0.1) is 0 Å². The molecule has 0 amide bonds. The highest BCUT2D eigenvalue weighted by atomic mass is 127. The van der Waals surface area contributed by atoms with Crippen LogP contribution in [0.4, 0.5) is 0 Å². The van der Waals surface area contributed by atoms with Crippen LogP contribution in [0.15, 0.2) is 12.2 Å². The Labute approximate surface area is 262 Å². The molecule has 0 heterocycles. The lowest BCUT2D eigenvalue weighted by molar-refractivity contribution is -0.172. The summed E-state index contributed by atoms with van der Waals surface area (Å²) < 4.78 is 12.5.